The molecule has 0 spiro atoms. The molecule has 2 N–H and O–H groups in total. The van der Waals surface area contributed by atoms with Crippen LogP contribution in [0.5, 0.6) is 5.75 Å². The number of ether oxygens (including phenoxy) is 1. The number of nitrogens with one attached hydrogen (secondary N) is 2. The highest BCUT2D eigenvalue weighted by Crippen LogP contribution is 2.26. The highest BCUT2D eigenvalue weighted by Gasteiger charge is 2.09. The van der Waals surface area contributed by atoms with Gasteiger partial charge in [0.1, 0.15) is 5.75 Å². The van der Waals surface area contributed by atoms with E-state index < -0.39 is 0 Å². The minimum Gasteiger partial charge on any atom is -0.496 e. The molecule has 0 unspecified atom stereocenters. The normalized spacial score (nSPS) is 11.0. The van der Waals surface area contributed by atoms with Gasteiger partial charge in [0.15, 0.2) is 5.69 Å². The summed E-state index contributed by atoms with van der Waals surface area (Å²) in [5.41, 5.74) is 4.39. The molecule has 23 heavy (non-hydrogen) atoms. The second-order valence-electron chi connectivity index (χ2n) is 5.04. The molecule has 1 amide bonds. The fourth-order valence-corrected chi connectivity index (χ4v) is 2.33. The summed E-state index contributed by atoms with van der Waals surface area (Å²) in [6.07, 6.45) is 1.58. The highest BCUT2D eigenvalue weighted by molar-refractivity contribution is 6.03. The van der Waals surface area contributed by atoms with E-state index in [2.05, 4.69) is 20.7 Å². The van der Waals surface area contributed by atoms with Gasteiger partial charge >= 0.3 is 0 Å². The highest BCUT2D eigenvalue weighted by atomic mass is 16.5. The molecule has 0 aliphatic rings. The minimum absolute atomic E-state index is 0.296. The summed E-state index contributed by atoms with van der Waals surface area (Å²) in [6.45, 7) is 1.83. The third kappa shape index (κ3) is 3.06. The number of fused-ring (bicyclic) bond motifs is 1. The number of aryl methyl sites for hydroxylation is 1. The topological polar surface area (TPSA) is 79.4 Å². The Morgan fingerprint density at radius 2 is 2.13 bits per heavy atom. The van der Waals surface area contributed by atoms with Gasteiger partial charge in [-0.1, -0.05) is 30.3 Å². The van der Waals surface area contributed by atoms with Gasteiger partial charge in [-0.15, -0.1) is 0 Å². The number of carbonyl (C=O) groups excluding carboxylic acids is 1. The Balaban J connectivity index is 1.87. The first-order chi connectivity index (χ1) is 11.2. The number of benzene rings is 2. The molecule has 6 heteroatoms. The quantitative estimate of drug-likeness (QED) is 0.574. The lowest BCUT2D eigenvalue weighted by Gasteiger charge is -2.08. The van der Waals surface area contributed by atoms with Crippen molar-refractivity contribution in [3.05, 3.63) is 59.4 Å². The van der Waals surface area contributed by atoms with E-state index in [1.54, 1.807) is 19.4 Å². The molecule has 0 aliphatic carbocycles. The van der Waals surface area contributed by atoms with Crippen molar-refractivity contribution in [3.8, 4) is 5.75 Å². The number of carbonyl (C=O) groups is 1. The zero-order valence-corrected chi connectivity index (χ0v) is 12.8. The SMILES string of the molecule is COc1ccc2ccccc2c1/C=N/NC(=O)c1cc(C)[nH]n1. The van der Waals surface area contributed by atoms with Crippen molar-refractivity contribution in [2.24, 2.45) is 5.10 Å². The van der Waals surface area contributed by atoms with Gasteiger partial charge in [0, 0.05) is 11.3 Å². The predicted octanol–water partition coefficient (Wildman–Crippen LogP) is 2.64. The Kier molecular flexibility index (Phi) is 4.05. The van der Waals surface area contributed by atoms with E-state index in [1.165, 1.54) is 0 Å². The molecule has 116 valence electrons. The molecule has 6 nitrogen and oxygen atoms in total. The van der Waals surface area contributed by atoms with Crippen molar-refractivity contribution < 1.29 is 9.53 Å². The molecule has 0 bridgehead atoms. The number of rotatable bonds is 4. The molecule has 1 heterocycles. The lowest BCUT2D eigenvalue weighted by Crippen LogP contribution is -2.18. The van der Waals surface area contributed by atoms with E-state index >= 15 is 0 Å². The van der Waals surface area contributed by atoms with Crippen molar-refractivity contribution in [2.45, 2.75) is 6.92 Å². The number of methoxy groups -OCH3 is 1. The van der Waals surface area contributed by atoms with Gasteiger partial charge in [-0.2, -0.15) is 10.2 Å². The lowest BCUT2D eigenvalue weighted by atomic mass is 10.0. The summed E-state index contributed by atoms with van der Waals surface area (Å²) in [5.74, 6) is 0.321. The second-order valence-corrected chi connectivity index (χ2v) is 5.04. The maximum atomic E-state index is 11.9. The second kappa shape index (κ2) is 6.31. The maximum absolute atomic E-state index is 11.9. The number of nitrogens with zero attached hydrogens (tertiary/aromatic N) is 2. The standard InChI is InChI=1S/C17H16N4O2/c1-11-9-15(20-19-11)17(22)21-18-10-14-13-6-4-3-5-12(13)7-8-16(14)23-2/h3-10H,1-2H3,(H,19,20)(H,21,22)/b18-10+. The predicted molar refractivity (Wildman–Crippen MR) is 88.9 cm³/mol. The van der Waals surface area contributed by atoms with Gasteiger partial charge in [-0.05, 0) is 29.8 Å². The molecule has 3 aromatic rings. The molecule has 0 radical (unpaired) electrons. The molecule has 0 saturated heterocycles. The van der Waals surface area contributed by atoms with Gasteiger partial charge in [-0.3, -0.25) is 9.89 Å². The van der Waals surface area contributed by atoms with Crippen LogP contribution in [0.4, 0.5) is 0 Å². The van der Waals surface area contributed by atoms with Crippen LogP contribution in [0.2, 0.25) is 0 Å². The summed E-state index contributed by atoms with van der Waals surface area (Å²) in [7, 11) is 1.60. The number of H-pyrrole nitrogens is 1. The van der Waals surface area contributed by atoms with E-state index in [4.69, 9.17) is 4.74 Å². The molecule has 0 aliphatic heterocycles. The van der Waals surface area contributed by atoms with Crippen LogP contribution < -0.4 is 10.2 Å². The number of hydrazone groups is 1. The molecule has 3 rings (SSSR count). The van der Waals surface area contributed by atoms with Crippen molar-refractivity contribution in [1.29, 1.82) is 0 Å². The van der Waals surface area contributed by atoms with E-state index in [0.29, 0.717) is 11.4 Å². The molecule has 1 aromatic heterocycles. The van der Waals surface area contributed by atoms with Gasteiger partial charge in [0.25, 0.3) is 5.91 Å². The molecule has 0 fully saturated rings. The van der Waals surface area contributed by atoms with Gasteiger partial charge in [0.2, 0.25) is 0 Å². The van der Waals surface area contributed by atoms with E-state index in [9.17, 15) is 4.79 Å². The van der Waals surface area contributed by atoms with Crippen LogP contribution in [-0.4, -0.2) is 29.4 Å². The monoisotopic (exact) mass is 308 g/mol. The fraction of sp³-hybridized carbons (Fsp3) is 0.118. The van der Waals surface area contributed by atoms with E-state index in [-0.39, 0.29) is 5.91 Å². The summed E-state index contributed by atoms with van der Waals surface area (Å²) >= 11 is 0. The summed E-state index contributed by atoms with van der Waals surface area (Å²) < 4.78 is 5.38. The average molecular weight is 308 g/mol. The molecule has 0 saturated carbocycles. The molecule has 0 atom stereocenters. The third-order valence-corrected chi connectivity index (χ3v) is 3.45. The van der Waals surface area contributed by atoms with Crippen molar-refractivity contribution in [1.82, 2.24) is 15.6 Å². The number of hydrogen-bond acceptors (Lipinski definition) is 4. The third-order valence-electron chi connectivity index (χ3n) is 3.45. The summed E-state index contributed by atoms with van der Waals surface area (Å²) in [4.78, 5) is 11.9. The van der Waals surface area contributed by atoms with Crippen molar-refractivity contribution in [2.75, 3.05) is 7.11 Å². The van der Waals surface area contributed by atoms with Gasteiger partial charge in [0.05, 0.1) is 13.3 Å². The molecular weight excluding hydrogens is 292 g/mol. The van der Waals surface area contributed by atoms with Gasteiger partial charge < -0.3 is 4.74 Å². The van der Waals surface area contributed by atoms with Crippen LogP contribution in [0, 0.1) is 6.92 Å². The zero-order chi connectivity index (χ0) is 16.2. The number of amides is 1. The van der Waals surface area contributed by atoms with Crippen molar-refractivity contribution in [3.63, 3.8) is 0 Å². The first-order valence-corrected chi connectivity index (χ1v) is 7.10. The number of hydrogen-bond donors (Lipinski definition) is 2. The zero-order valence-electron chi connectivity index (χ0n) is 12.8. The Labute approximate surface area is 133 Å². The van der Waals surface area contributed by atoms with Crippen molar-refractivity contribution >= 4 is 22.9 Å². The summed E-state index contributed by atoms with van der Waals surface area (Å²) in [5, 5.41) is 12.7. The van der Waals surface area contributed by atoms with Gasteiger partial charge in [-0.25, -0.2) is 5.43 Å². The first kappa shape index (κ1) is 14.8. The maximum Gasteiger partial charge on any atom is 0.291 e. The van der Waals surface area contributed by atoms with E-state index in [1.807, 2.05) is 43.3 Å². The lowest BCUT2D eigenvalue weighted by molar-refractivity contribution is 0.0950. The van der Waals surface area contributed by atoms with Crippen LogP contribution in [0.15, 0.2) is 47.6 Å². The van der Waals surface area contributed by atoms with Crippen LogP contribution in [0.1, 0.15) is 21.7 Å². The smallest absolute Gasteiger partial charge is 0.291 e. The number of aromatic amines is 1. The van der Waals surface area contributed by atoms with Crippen LogP contribution in [0.3, 0.4) is 0 Å². The number of aromatic nitrogens is 2. The average Bonchev–Trinajstić information content (AvgIpc) is 3.01. The fourth-order valence-electron chi connectivity index (χ4n) is 2.33. The minimum atomic E-state index is -0.371. The first-order valence-electron chi connectivity index (χ1n) is 7.10. The van der Waals surface area contributed by atoms with E-state index in [0.717, 1.165) is 22.0 Å². The Morgan fingerprint density at radius 1 is 1.30 bits per heavy atom. The Morgan fingerprint density at radius 3 is 2.87 bits per heavy atom. The molecular formula is C17H16N4O2. The Bertz CT molecular complexity index is 883. The van der Waals surface area contributed by atoms with Crippen LogP contribution in [0.25, 0.3) is 10.8 Å². The summed E-state index contributed by atoms with van der Waals surface area (Å²) in [6, 6.07) is 13.4. The van der Waals surface area contributed by atoms with Crippen LogP contribution >= 0.6 is 0 Å². The largest absolute Gasteiger partial charge is 0.496 e. The van der Waals surface area contributed by atoms with Crippen LogP contribution in [-0.2, 0) is 0 Å². The Hall–Kier alpha value is -3.15. The molecule has 2 aromatic carbocycles.